The van der Waals surface area contributed by atoms with E-state index < -0.39 is 42.5 Å². The number of ketones is 1. The molecule has 8 nitrogen and oxygen atoms in total. The molecule has 45 heavy (non-hydrogen) atoms. The van der Waals surface area contributed by atoms with Crippen LogP contribution in [0, 0.1) is 6.92 Å². The van der Waals surface area contributed by atoms with Crippen LogP contribution in [0.4, 0.5) is 18.9 Å². The lowest BCUT2D eigenvalue weighted by molar-refractivity contribution is -0.142. The Hall–Kier alpha value is -4.22. The molecule has 0 bridgehead atoms. The third-order valence-corrected chi connectivity index (χ3v) is 7.95. The fourth-order valence-electron chi connectivity index (χ4n) is 5.12. The van der Waals surface area contributed by atoms with Crippen LogP contribution < -0.4 is 16.0 Å². The smallest absolute Gasteiger partial charge is 0.342 e. The number of benzene rings is 3. The van der Waals surface area contributed by atoms with Gasteiger partial charge in [0.05, 0.1) is 6.54 Å². The summed E-state index contributed by atoms with van der Waals surface area (Å²) < 4.78 is 38.2. The predicted molar refractivity (Wildman–Crippen MR) is 165 cm³/mol. The van der Waals surface area contributed by atoms with Crippen LogP contribution in [0.1, 0.15) is 46.3 Å². The van der Waals surface area contributed by atoms with E-state index in [4.69, 9.17) is 11.6 Å². The number of aryl methyl sites for hydroxylation is 1. The average molecular weight is 643 g/mol. The fraction of sp³-hybridized carbons (Fsp3) is 0.333. The van der Waals surface area contributed by atoms with Gasteiger partial charge in [-0.1, -0.05) is 66.2 Å². The zero-order valence-corrected chi connectivity index (χ0v) is 25.4. The highest BCUT2D eigenvalue weighted by molar-refractivity contribution is 6.31. The molecule has 0 saturated heterocycles. The summed E-state index contributed by atoms with van der Waals surface area (Å²) in [5, 5.41) is 8.11. The molecule has 3 N–H and O–H groups in total. The first-order valence-electron chi connectivity index (χ1n) is 14.5. The minimum Gasteiger partial charge on any atom is -0.342 e. The summed E-state index contributed by atoms with van der Waals surface area (Å²) in [5.41, 5.74) is 3.28. The Bertz CT molecular complexity index is 1530. The number of halogens is 4. The molecule has 238 valence electrons. The first-order valence-corrected chi connectivity index (χ1v) is 14.9. The van der Waals surface area contributed by atoms with Crippen molar-refractivity contribution in [1.82, 2.24) is 15.5 Å². The number of Topliss-reactive ketones (excluding diaryl/α,β-unsaturated/α-hetero) is 1. The summed E-state index contributed by atoms with van der Waals surface area (Å²) in [5.74, 6) is -1.88. The van der Waals surface area contributed by atoms with E-state index in [1.807, 2.05) is 24.3 Å². The van der Waals surface area contributed by atoms with E-state index in [0.717, 1.165) is 11.1 Å². The zero-order valence-electron chi connectivity index (χ0n) is 24.6. The number of carbonyl (C=O) groups is 4. The predicted octanol–water partition coefficient (Wildman–Crippen LogP) is 5.23. The van der Waals surface area contributed by atoms with Crippen molar-refractivity contribution in [2.45, 2.75) is 57.4 Å². The Morgan fingerprint density at radius 3 is 2.33 bits per heavy atom. The molecule has 3 aromatic carbocycles. The summed E-state index contributed by atoms with van der Waals surface area (Å²) in [6.45, 7) is 0.406. The van der Waals surface area contributed by atoms with Crippen molar-refractivity contribution in [2.75, 3.05) is 18.4 Å². The Morgan fingerprint density at radius 2 is 1.64 bits per heavy atom. The molecule has 0 fully saturated rings. The molecule has 0 aromatic heterocycles. The van der Waals surface area contributed by atoms with Crippen LogP contribution in [0.5, 0.6) is 0 Å². The molecule has 0 saturated carbocycles. The maximum Gasteiger partial charge on any atom is 0.401 e. The highest BCUT2D eigenvalue weighted by Gasteiger charge is 2.36. The SMILES string of the molecule is Cc1cc(NC(=O)[C@H](CCNCC(F)(F)F)NC(=O)[C@@H]2Cc3ccccc3CN2C(=O)CCC(=O)c2ccccc2)ccc1Cl. The monoisotopic (exact) mass is 642 g/mol. The van der Waals surface area contributed by atoms with Gasteiger partial charge in [0.25, 0.3) is 0 Å². The van der Waals surface area contributed by atoms with Gasteiger partial charge < -0.3 is 20.9 Å². The van der Waals surface area contributed by atoms with Gasteiger partial charge >= 0.3 is 6.18 Å². The van der Waals surface area contributed by atoms with Crippen molar-refractivity contribution >= 4 is 40.8 Å². The largest absolute Gasteiger partial charge is 0.401 e. The van der Waals surface area contributed by atoms with Crippen molar-refractivity contribution in [2.24, 2.45) is 0 Å². The summed E-state index contributed by atoms with van der Waals surface area (Å²) in [6.07, 6.45) is -4.60. The Labute approximate surface area is 264 Å². The number of alkyl halides is 3. The van der Waals surface area contributed by atoms with Gasteiger partial charge in [-0.25, -0.2) is 0 Å². The van der Waals surface area contributed by atoms with Crippen molar-refractivity contribution in [1.29, 1.82) is 0 Å². The molecule has 4 rings (SSSR count). The van der Waals surface area contributed by atoms with E-state index in [1.165, 1.54) is 4.90 Å². The van der Waals surface area contributed by atoms with E-state index in [0.29, 0.717) is 21.8 Å². The molecule has 0 radical (unpaired) electrons. The van der Waals surface area contributed by atoms with Crippen molar-refractivity contribution in [3.63, 3.8) is 0 Å². The van der Waals surface area contributed by atoms with Crippen molar-refractivity contribution in [3.05, 3.63) is 100 Å². The van der Waals surface area contributed by atoms with Crippen LogP contribution in [0.2, 0.25) is 5.02 Å². The number of amides is 3. The second-order valence-electron chi connectivity index (χ2n) is 10.9. The molecule has 1 heterocycles. The number of hydrogen-bond donors (Lipinski definition) is 3. The second-order valence-corrected chi connectivity index (χ2v) is 11.3. The summed E-state index contributed by atoms with van der Waals surface area (Å²) in [7, 11) is 0. The normalized spacial score (nSPS) is 15.1. The molecule has 0 aliphatic carbocycles. The highest BCUT2D eigenvalue weighted by Crippen LogP contribution is 2.25. The number of fused-ring (bicyclic) bond motifs is 1. The first-order chi connectivity index (χ1) is 21.4. The Balaban J connectivity index is 1.51. The topological polar surface area (TPSA) is 108 Å². The van der Waals surface area contributed by atoms with E-state index in [9.17, 15) is 32.3 Å². The van der Waals surface area contributed by atoms with Crippen molar-refractivity contribution < 1.29 is 32.3 Å². The van der Waals surface area contributed by atoms with Crippen LogP contribution in [0.25, 0.3) is 0 Å². The first kappa shape index (κ1) is 33.7. The number of rotatable bonds is 12. The van der Waals surface area contributed by atoms with Crippen LogP contribution in [-0.4, -0.2) is 59.8 Å². The summed E-state index contributed by atoms with van der Waals surface area (Å²) in [4.78, 5) is 54.6. The molecule has 12 heteroatoms. The van der Waals surface area contributed by atoms with Gasteiger partial charge in [-0.15, -0.1) is 0 Å². The number of anilines is 1. The standard InChI is InChI=1S/C33H34ClF3N4O4/c1-21-17-25(11-12-26(21)34)39-31(44)27(15-16-38-20-33(35,36)37)40-32(45)28-18-23-9-5-6-10-24(23)19-41(28)30(43)14-13-29(42)22-7-3-2-4-8-22/h2-12,17,27-28,38H,13-16,18-20H2,1H3,(H,39,44)(H,40,45)/t27-,28-/m0/s1. The maximum atomic E-state index is 13.8. The van der Waals surface area contributed by atoms with E-state index in [-0.39, 0.29) is 44.6 Å². The van der Waals surface area contributed by atoms with Crippen molar-refractivity contribution in [3.8, 4) is 0 Å². The lowest BCUT2D eigenvalue weighted by atomic mass is 9.92. The summed E-state index contributed by atoms with van der Waals surface area (Å²) in [6, 6.07) is 18.5. The third kappa shape index (κ3) is 9.63. The minimum atomic E-state index is -4.44. The molecular weight excluding hydrogens is 609 g/mol. The zero-order chi connectivity index (χ0) is 32.6. The lowest BCUT2D eigenvalue weighted by Crippen LogP contribution is -2.56. The van der Waals surface area contributed by atoms with Crippen LogP contribution in [-0.2, 0) is 27.3 Å². The Kier molecular flexibility index (Phi) is 11.4. The van der Waals surface area contributed by atoms with E-state index in [2.05, 4.69) is 16.0 Å². The highest BCUT2D eigenvalue weighted by atomic mass is 35.5. The number of nitrogens with one attached hydrogen (secondary N) is 3. The van der Waals surface area contributed by atoms with E-state index >= 15 is 0 Å². The molecule has 2 atom stereocenters. The quantitative estimate of drug-likeness (QED) is 0.185. The molecule has 1 aliphatic heterocycles. The molecule has 0 unspecified atom stereocenters. The molecule has 3 amide bonds. The van der Waals surface area contributed by atoms with Gasteiger partial charge in [-0.2, -0.15) is 13.2 Å². The maximum absolute atomic E-state index is 13.8. The van der Waals surface area contributed by atoms with Gasteiger partial charge in [-0.3, -0.25) is 19.2 Å². The van der Waals surface area contributed by atoms with E-state index in [1.54, 1.807) is 55.5 Å². The van der Waals surface area contributed by atoms with Gasteiger partial charge in [0.1, 0.15) is 12.1 Å². The van der Waals surface area contributed by atoms with Crippen LogP contribution >= 0.6 is 11.6 Å². The Morgan fingerprint density at radius 1 is 0.956 bits per heavy atom. The van der Waals surface area contributed by atoms with Crippen LogP contribution in [0.15, 0.2) is 72.8 Å². The van der Waals surface area contributed by atoms with Gasteiger partial charge in [0, 0.05) is 42.1 Å². The van der Waals surface area contributed by atoms with Gasteiger partial charge in [0.15, 0.2) is 5.78 Å². The fourth-order valence-corrected chi connectivity index (χ4v) is 5.23. The minimum absolute atomic E-state index is 0.0499. The number of carbonyl (C=O) groups excluding carboxylic acids is 4. The molecule has 0 spiro atoms. The second kappa shape index (κ2) is 15.2. The summed E-state index contributed by atoms with van der Waals surface area (Å²) >= 11 is 6.08. The molecule has 3 aromatic rings. The average Bonchev–Trinajstić information content (AvgIpc) is 3.02. The lowest BCUT2D eigenvalue weighted by Gasteiger charge is -2.37. The molecule has 1 aliphatic rings. The number of hydrogen-bond acceptors (Lipinski definition) is 5. The third-order valence-electron chi connectivity index (χ3n) is 7.53. The molecular formula is C33H34ClF3N4O4. The number of nitrogens with zero attached hydrogens (tertiary/aromatic N) is 1. The van der Waals surface area contributed by atoms with Crippen LogP contribution in [0.3, 0.4) is 0 Å². The van der Waals surface area contributed by atoms with Gasteiger partial charge in [-0.05, 0) is 54.8 Å². The van der Waals surface area contributed by atoms with Gasteiger partial charge in [0.2, 0.25) is 17.7 Å².